The number of amides is 1. The Bertz CT molecular complexity index is 820. The highest BCUT2D eigenvalue weighted by atomic mass is 35.5. The topological polar surface area (TPSA) is 110 Å². The van der Waals surface area contributed by atoms with Crippen molar-refractivity contribution in [3.63, 3.8) is 0 Å². The summed E-state index contributed by atoms with van der Waals surface area (Å²) >= 11 is 5.83. The van der Waals surface area contributed by atoms with Crippen molar-refractivity contribution in [2.45, 2.75) is 6.92 Å². The van der Waals surface area contributed by atoms with Crippen LogP contribution in [0.25, 0.3) is 0 Å². The molecule has 2 rings (SSSR count). The van der Waals surface area contributed by atoms with E-state index in [2.05, 4.69) is 5.32 Å². The third-order valence-corrected chi connectivity index (χ3v) is 3.52. The van der Waals surface area contributed by atoms with Crippen molar-refractivity contribution < 1.29 is 19.6 Å². The van der Waals surface area contributed by atoms with Gasteiger partial charge in [-0.25, -0.2) is 4.79 Å². The summed E-state index contributed by atoms with van der Waals surface area (Å²) in [5.74, 6) is -1.73. The molecular formula is C15H11ClN2O5. The van der Waals surface area contributed by atoms with E-state index in [0.29, 0.717) is 0 Å². The number of nitrogens with one attached hydrogen (secondary N) is 1. The van der Waals surface area contributed by atoms with Gasteiger partial charge in [0.05, 0.1) is 15.5 Å². The number of anilines is 1. The Labute approximate surface area is 135 Å². The highest BCUT2D eigenvalue weighted by molar-refractivity contribution is 6.33. The molecule has 8 heteroatoms. The second-order valence-corrected chi connectivity index (χ2v) is 5.07. The summed E-state index contributed by atoms with van der Waals surface area (Å²) in [6.07, 6.45) is 0. The minimum absolute atomic E-state index is 0.0222. The molecular weight excluding hydrogens is 324 g/mol. The molecule has 118 valence electrons. The number of nitro benzene ring substituents is 1. The Morgan fingerprint density at radius 3 is 2.48 bits per heavy atom. The van der Waals surface area contributed by atoms with Crippen LogP contribution in [0.2, 0.25) is 5.02 Å². The molecule has 2 N–H and O–H groups in total. The second-order valence-electron chi connectivity index (χ2n) is 4.66. The normalized spacial score (nSPS) is 10.2. The smallest absolute Gasteiger partial charge is 0.337 e. The summed E-state index contributed by atoms with van der Waals surface area (Å²) in [6.45, 7) is 1.48. The van der Waals surface area contributed by atoms with Gasteiger partial charge in [0.15, 0.2) is 0 Å². The fourth-order valence-electron chi connectivity index (χ4n) is 2.03. The molecule has 0 saturated carbocycles. The number of nitrogens with zero attached hydrogens (tertiary/aromatic N) is 1. The van der Waals surface area contributed by atoms with Crippen LogP contribution in [0.1, 0.15) is 26.3 Å². The van der Waals surface area contributed by atoms with Gasteiger partial charge in [-0.3, -0.25) is 14.9 Å². The molecule has 1 amide bonds. The van der Waals surface area contributed by atoms with Gasteiger partial charge >= 0.3 is 5.97 Å². The van der Waals surface area contributed by atoms with Gasteiger partial charge in [0, 0.05) is 22.9 Å². The Balaban J connectivity index is 2.30. The Morgan fingerprint density at radius 2 is 1.91 bits per heavy atom. The lowest BCUT2D eigenvalue weighted by Crippen LogP contribution is -2.14. The van der Waals surface area contributed by atoms with Gasteiger partial charge in [0.2, 0.25) is 0 Å². The van der Waals surface area contributed by atoms with Crippen molar-refractivity contribution in [1.82, 2.24) is 0 Å². The van der Waals surface area contributed by atoms with Crippen LogP contribution in [-0.4, -0.2) is 21.9 Å². The van der Waals surface area contributed by atoms with Crippen molar-refractivity contribution in [1.29, 1.82) is 0 Å². The first-order valence-electron chi connectivity index (χ1n) is 6.39. The van der Waals surface area contributed by atoms with E-state index in [1.54, 1.807) is 0 Å². The highest BCUT2D eigenvalue weighted by Gasteiger charge is 2.18. The van der Waals surface area contributed by atoms with E-state index in [9.17, 15) is 19.7 Å². The third kappa shape index (κ3) is 3.46. The van der Waals surface area contributed by atoms with Crippen molar-refractivity contribution >= 4 is 34.9 Å². The van der Waals surface area contributed by atoms with E-state index in [4.69, 9.17) is 16.7 Å². The van der Waals surface area contributed by atoms with Gasteiger partial charge in [-0.15, -0.1) is 0 Å². The second kappa shape index (κ2) is 6.45. The molecule has 23 heavy (non-hydrogen) atoms. The lowest BCUT2D eigenvalue weighted by atomic mass is 10.1. The summed E-state index contributed by atoms with van der Waals surface area (Å²) in [7, 11) is 0. The predicted molar refractivity (Wildman–Crippen MR) is 84.2 cm³/mol. The van der Waals surface area contributed by atoms with Gasteiger partial charge < -0.3 is 10.4 Å². The van der Waals surface area contributed by atoms with Gasteiger partial charge in [-0.2, -0.15) is 0 Å². The molecule has 0 aliphatic carbocycles. The first-order chi connectivity index (χ1) is 10.8. The van der Waals surface area contributed by atoms with E-state index in [0.717, 1.165) is 0 Å². The van der Waals surface area contributed by atoms with E-state index in [-0.39, 0.29) is 33.1 Å². The number of nitro groups is 1. The largest absolute Gasteiger partial charge is 0.478 e. The molecule has 2 aromatic carbocycles. The quantitative estimate of drug-likeness (QED) is 0.656. The number of carboxylic acid groups (broad SMARTS) is 1. The van der Waals surface area contributed by atoms with E-state index < -0.39 is 16.8 Å². The lowest BCUT2D eigenvalue weighted by Gasteiger charge is -2.09. The summed E-state index contributed by atoms with van der Waals surface area (Å²) < 4.78 is 0. The zero-order chi connectivity index (χ0) is 17.1. The van der Waals surface area contributed by atoms with Crippen LogP contribution >= 0.6 is 11.6 Å². The van der Waals surface area contributed by atoms with Crippen molar-refractivity contribution in [3.8, 4) is 0 Å². The van der Waals surface area contributed by atoms with E-state index in [1.807, 2.05) is 0 Å². The lowest BCUT2D eigenvalue weighted by molar-refractivity contribution is -0.385. The monoisotopic (exact) mass is 334 g/mol. The average molecular weight is 335 g/mol. The highest BCUT2D eigenvalue weighted by Crippen LogP contribution is 2.24. The molecule has 0 spiro atoms. The zero-order valence-corrected chi connectivity index (χ0v) is 12.6. The van der Waals surface area contributed by atoms with Crippen LogP contribution in [0.15, 0.2) is 36.4 Å². The molecule has 0 aliphatic rings. The molecule has 0 aromatic heterocycles. The van der Waals surface area contributed by atoms with Crippen LogP contribution in [0, 0.1) is 17.0 Å². The predicted octanol–water partition coefficient (Wildman–Crippen LogP) is 3.51. The number of hydrogen-bond donors (Lipinski definition) is 2. The van der Waals surface area contributed by atoms with Crippen molar-refractivity contribution in [2.24, 2.45) is 0 Å². The van der Waals surface area contributed by atoms with Crippen LogP contribution in [0.4, 0.5) is 11.4 Å². The number of carbonyl (C=O) groups is 2. The zero-order valence-electron chi connectivity index (χ0n) is 11.9. The molecule has 2 aromatic rings. The average Bonchev–Trinajstić information content (AvgIpc) is 2.46. The van der Waals surface area contributed by atoms with Crippen LogP contribution < -0.4 is 5.32 Å². The number of halogens is 1. The summed E-state index contributed by atoms with van der Waals surface area (Å²) in [5.41, 5.74) is 0.435. The fraction of sp³-hybridized carbons (Fsp3) is 0.0667. The van der Waals surface area contributed by atoms with E-state index in [1.165, 1.54) is 43.3 Å². The third-order valence-electron chi connectivity index (χ3n) is 3.20. The molecule has 0 radical (unpaired) electrons. The SMILES string of the molecule is Cc1c(C(=O)Nc2ccc(C(=O)O)c(Cl)c2)cccc1[N+](=O)[O-]. The Morgan fingerprint density at radius 1 is 1.22 bits per heavy atom. The maximum absolute atomic E-state index is 12.2. The van der Waals surface area contributed by atoms with Gasteiger partial charge in [0.25, 0.3) is 11.6 Å². The Kier molecular flexibility index (Phi) is 4.61. The maximum Gasteiger partial charge on any atom is 0.337 e. The fourth-order valence-corrected chi connectivity index (χ4v) is 2.29. The first-order valence-corrected chi connectivity index (χ1v) is 6.77. The van der Waals surface area contributed by atoms with E-state index >= 15 is 0 Å². The number of aromatic carboxylic acids is 1. The minimum Gasteiger partial charge on any atom is -0.478 e. The number of carboxylic acids is 1. The molecule has 7 nitrogen and oxygen atoms in total. The molecule has 0 fully saturated rings. The molecule has 0 bridgehead atoms. The molecule has 0 atom stereocenters. The van der Waals surface area contributed by atoms with Crippen LogP contribution in [-0.2, 0) is 0 Å². The number of hydrogen-bond acceptors (Lipinski definition) is 4. The Hall–Kier alpha value is -2.93. The summed E-state index contributed by atoms with van der Waals surface area (Å²) in [4.78, 5) is 33.5. The number of benzene rings is 2. The summed E-state index contributed by atoms with van der Waals surface area (Å²) in [5, 5.41) is 22.3. The van der Waals surface area contributed by atoms with Gasteiger partial charge in [-0.05, 0) is 31.2 Å². The molecule has 0 saturated heterocycles. The van der Waals surface area contributed by atoms with Gasteiger partial charge in [0.1, 0.15) is 0 Å². The van der Waals surface area contributed by atoms with Crippen molar-refractivity contribution in [2.75, 3.05) is 5.32 Å². The minimum atomic E-state index is -1.18. The van der Waals surface area contributed by atoms with Crippen LogP contribution in [0.5, 0.6) is 0 Å². The maximum atomic E-state index is 12.2. The van der Waals surface area contributed by atoms with Crippen LogP contribution in [0.3, 0.4) is 0 Å². The van der Waals surface area contributed by atoms with Crippen molar-refractivity contribution in [3.05, 3.63) is 68.2 Å². The number of carbonyl (C=O) groups excluding carboxylic acids is 1. The van der Waals surface area contributed by atoms with Gasteiger partial charge in [-0.1, -0.05) is 17.7 Å². The molecule has 0 unspecified atom stereocenters. The number of rotatable bonds is 4. The first kappa shape index (κ1) is 16.4. The summed E-state index contributed by atoms with van der Waals surface area (Å²) in [6, 6.07) is 8.15. The standard InChI is InChI=1S/C15H11ClN2O5/c1-8-10(3-2-4-13(8)18(22)23)14(19)17-9-5-6-11(15(20)21)12(16)7-9/h2-7H,1H3,(H,17,19)(H,20,21). The molecule has 0 heterocycles. The molecule has 0 aliphatic heterocycles.